The lowest BCUT2D eigenvalue weighted by molar-refractivity contribution is 0.160. The molecule has 0 unspecified atom stereocenters. The Hall–Kier alpha value is -3.18. The molecule has 0 bridgehead atoms. The predicted octanol–water partition coefficient (Wildman–Crippen LogP) is 6.03. The number of carbonyl (C=O) groups is 1. The minimum Gasteiger partial charge on any atom is -0.307 e. The van der Waals surface area contributed by atoms with Crippen molar-refractivity contribution in [1.29, 1.82) is 0 Å². The van der Waals surface area contributed by atoms with Crippen LogP contribution in [0.4, 0.5) is 20.6 Å². The summed E-state index contributed by atoms with van der Waals surface area (Å²) < 4.78 is 13.6. The van der Waals surface area contributed by atoms with Crippen molar-refractivity contribution in [2.24, 2.45) is 0 Å². The highest BCUT2D eigenvalue weighted by Gasteiger charge is 2.46. The highest BCUT2D eigenvalue weighted by atomic mass is 19.1. The van der Waals surface area contributed by atoms with Gasteiger partial charge in [0.1, 0.15) is 5.82 Å². The Morgan fingerprint density at radius 1 is 0.970 bits per heavy atom. The van der Waals surface area contributed by atoms with E-state index in [-0.39, 0.29) is 17.3 Å². The first-order chi connectivity index (χ1) is 15.9. The third-order valence-corrected chi connectivity index (χ3v) is 7.10. The number of carbonyl (C=O) groups excluding carboxylic acids is 1. The average molecular weight is 444 g/mol. The summed E-state index contributed by atoms with van der Waals surface area (Å²) in [6.07, 6.45) is 2.03. The van der Waals surface area contributed by atoms with Crippen molar-refractivity contribution in [3.05, 3.63) is 94.8 Å². The van der Waals surface area contributed by atoms with E-state index >= 15 is 0 Å². The van der Waals surface area contributed by atoms with Gasteiger partial charge in [-0.3, -0.25) is 9.80 Å². The van der Waals surface area contributed by atoms with E-state index in [0.717, 1.165) is 38.2 Å². The minimum absolute atomic E-state index is 0.0380. The maximum Gasteiger partial charge on any atom is 0.326 e. The molecule has 170 valence electrons. The molecule has 2 amide bonds. The van der Waals surface area contributed by atoms with E-state index in [0.29, 0.717) is 12.2 Å². The molecule has 0 saturated carbocycles. The van der Waals surface area contributed by atoms with Crippen molar-refractivity contribution >= 4 is 17.4 Å². The molecular weight excluding hydrogens is 413 g/mol. The molecule has 3 aromatic rings. The molecule has 1 fully saturated rings. The topological polar surface area (TPSA) is 35.6 Å². The van der Waals surface area contributed by atoms with Crippen molar-refractivity contribution < 1.29 is 9.18 Å². The van der Waals surface area contributed by atoms with Crippen molar-refractivity contribution in [1.82, 2.24) is 4.90 Å². The molecule has 1 spiro atoms. The van der Waals surface area contributed by atoms with Crippen LogP contribution in [0.1, 0.15) is 35.1 Å². The Bertz CT molecular complexity index is 1180. The van der Waals surface area contributed by atoms with Gasteiger partial charge in [-0.25, -0.2) is 9.18 Å². The van der Waals surface area contributed by atoms with Crippen LogP contribution >= 0.6 is 0 Å². The van der Waals surface area contributed by atoms with Crippen LogP contribution < -0.4 is 10.2 Å². The average Bonchev–Trinajstić information content (AvgIpc) is 3.09. The highest BCUT2D eigenvalue weighted by molar-refractivity contribution is 6.03. The van der Waals surface area contributed by atoms with E-state index < -0.39 is 0 Å². The molecule has 0 aromatic heterocycles. The second-order valence-electron chi connectivity index (χ2n) is 9.59. The lowest BCUT2D eigenvalue weighted by Crippen LogP contribution is -2.46. The Morgan fingerprint density at radius 3 is 2.48 bits per heavy atom. The number of fused-ring (bicyclic) bond motifs is 2. The maximum absolute atomic E-state index is 13.6. The van der Waals surface area contributed by atoms with E-state index in [4.69, 9.17) is 0 Å². The van der Waals surface area contributed by atoms with Gasteiger partial charge in [0.2, 0.25) is 0 Å². The number of anilines is 2. The zero-order valence-electron chi connectivity index (χ0n) is 19.3. The maximum atomic E-state index is 13.6. The summed E-state index contributed by atoms with van der Waals surface area (Å²) in [5.41, 5.74) is 6.54. The van der Waals surface area contributed by atoms with Crippen LogP contribution in [0, 0.1) is 19.7 Å². The van der Waals surface area contributed by atoms with Gasteiger partial charge in [0, 0.05) is 29.9 Å². The number of nitrogens with one attached hydrogen (secondary N) is 1. The molecule has 2 heterocycles. The summed E-state index contributed by atoms with van der Waals surface area (Å²) in [6, 6.07) is 20.9. The summed E-state index contributed by atoms with van der Waals surface area (Å²) in [7, 11) is 0. The van der Waals surface area contributed by atoms with Gasteiger partial charge in [-0.05, 0) is 75.2 Å². The van der Waals surface area contributed by atoms with Gasteiger partial charge in [0.15, 0.2) is 0 Å². The summed E-state index contributed by atoms with van der Waals surface area (Å²) >= 11 is 0. The number of likely N-dealkylation sites (tertiary alicyclic amines) is 1. The molecular formula is C28H30FN3O. The molecule has 33 heavy (non-hydrogen) atoms. The molecule has 0 radical (unpaired) electrons. The molecule has 2 aliphatic heterocycles. The number of hydrogen-bond acceptors (Lipinski definition) is 2. The lowest BCUT2D eigenvalue weighted by Gasteiger charge is -2.40. The van der Waals surface area contributed by atoms with Gasteiger partial charge in [0.25, 0.3) is 0 Å². The van der Waals surface area contributed by atoms with E-state index in [1.54, 1.807) is 12.1 Å². The van der Waals surface area contributed by atoms with Crippen LogP contribution in [0.25, 0.3) is 0 Å². The summed E-state index contributed by atoms with van der Waals surface area (Å²) in [5.74, 6) is -0.359. The van der Waals surface area contributed by atoms with Crippen molar-refractivity contribution in [2.75, 3.05) is 29.9 Å². The largest absolute Gasteiger partial charge is 0.326 e. The number of urea groups is 1. The van der Waals surface area contributed by atoms with Crippen LogP contribution in [0.5, 0.6) is 0 Å². The SMILES string of the molecule is Cc1cccc(CN2CCC3(CC2)CN(C(=O)Nc2cccc(F)c2)c2ccc(C)cc23)c1. The first-order valence-corrected chi connectivity index (χ1v) is 11.7. The molecule has 2 aliphatic rings. The van der Waals surface area contributed by atoms with Crippen molar-refractivity contribution in [3.63, 3.8) is 0 Å². The minimum atomic E-state index is -0.359. The van der Waals surface area contributed by atoms with Gasteiger partial charge < -0.3 is 5.32 Å². The molecule has 5 rings (SSSR count). The van der Waals surface area contributed by atoms with Crippen LogP contribution in [0.3, 0.4) is 0 Å². The zero-order chi connectivity index (χ0) is 23.0. The highest BCUT2D eigenvalue weighted by Crippen LogP contribution is 2.47. The number of rotatable bonds is 3. The monoisotopic (exact) mass is 443 g/mol. The number of piperidine rings is 1. The summed E-state index contributed by atoms with van der Waals surface area (Å²) in [6.45, 7) is 7.86. The van der Waals surface area contributed by atoms with Gasteiger partial charge in [-0.15, -0.1) is 0 Å². The van der Waals surface area contributed by atoms with E-state index in [1.807, 2.05) is 4.90 Å². The second kappa shape index (κ2) is 8.64. The fourth-order valence-electron chi connectivity index (χ4n) is 5.36. The summed E-state index contributed by atoms with van der Waals surface area (Å²) in [5, 5.41) is 2.89. The fraction of sp³-hybridized carbons (Fsp3) is 0.321. The van der Waals surface area contributed by atoms with E-state index in [1.165, 1.54) is 34.4 Å². The number of amides is 2. The first-order valence-electron chi connectivity index (χ1n) is 11.7. The van der Waals surface area contributed by atoms with E-state index in [2.05, 4.69) is 66.5 Å². The van der Waals surface area contributed by atoms with Gasteiger partial charge in [-0.2, -0.15) is 0 Å². The lowest BCUT2D eigenvalue weighted by atomic mass is 9.74. The predicted molar refractivity (Wildman–Crippen MR) is 131 cm³/mol. The summed E-state index contributed by atoms with van der Waals surface area (Å²) in [4.78, 5) is 17.6. The van der Waals surface area contributed by atoms with Crippen LogP contribution in [-0.2, 0) is 12.0 Å². The Labute approximate surface area is 195 Å². The molecule has 0 atom stereocenters. The Morgan fingerprint density at radius 2 is 1.73 bits per heavy atom. The Kier molecular flexibility index (Phi) is 5.67. The quantitative estimate of drug-likeness (QED) is 0.537. The standard InChI is InChI=1S/C28H30FN3O/c1-20-5-3-6-22(15-20)18-31-13-11-28(12-14-31)19-32(26-10-9-21(2)16-25(26)28)27(33)30-24-8-4-7-23(29)17-24/h3-10,15-17H,11-14,18-19H2,1-2H3,(H,30,33). The molecule has 5 heteroatoms. The normalized spacial score (nSPS) is 17.2. The van der Waals surface area contributed by atoms with Gasteiger partial charge in [0.05, 0.1) is 0 Å². The van der Waals surface area contributed by atoms with Gasteiger partial charge in [-0.1, -0.05) is 53.6 Å². The smallest absolute Gasteiger partial charge is 0.307 e. The number of benzene rings is 3. The van der Waals surface area contributed by atoms with Crippen LogP contribution in [0.2, 0.25) is 0 Å². The van der Waals surface area contributed by atoms with Crippen LogP contribution in [0.15, 0.2) is 66.7 Å². The van der Waals surface area contributed by atoms with E-state index in [9.17, 15) is 9.18 Å². The van der Waals surface area contributed by atoms with Crippen molar-refractivity contribution in [2.45, 2.75) is 38.6 Å². The number of nitrogens with zero attached hydrogens (tertiary/aromatic N) is 2. The molecule has 0 aliphatic carbocycles. The first kappa shape index (κ1) is 21.7. The Balaban J connectivity index is 1.35. The zero-order valence-corrected chi connectivity index (χ0v) is 19.3. The molecule has 4 nitrogen and oxygen atoms in total. The molecule has 1 saturated heterocycles. The number of aryl methyl sites for hydroxylation is 2. The second-order valence-corrected chi connectivity index (χ2v) is 9.59. The van der Waals surface area contributed by atoms with Crippen molar-refractivity contribution in [3.8, 4) is 0 Å². The third kappa shape index (κ3) is 4.38. The molecule has 1 N–H and O–H groups in total. The fourth-order valence-corrected chi connectivity index (χ4v) is 5.36. The number of hydrogen-bond donors (Lipinski definition) is 1. The molecule has 3 aromatic carbocycles. The van der Waals surface area contributed by atoms with Gasteiger partial charge >= 0.3 is 6.03 Å². The van der Waals surface area contributed by atoms with Crippen LogP contribution in [-0.4, -0.2) is 30.6 Å². The third-order valence-electron chi connectivity index (χ3n) is 7.10. The number of halogens is 1.